The molecule has 2 atom stereocenters. The first-order valence-corrected chi connectivity index (χ1v) is 13.8. The maximum absolute atomic E-state index is 13.4. The number of carbonyl (C=O) groups excluding carboxylic acids is 2. The quantitative estimate of drug-likeness (QED) is 0.0877. The van der Waals surface area contributed by atoms with Crippen molar-refractivity contribution >= 4 is 28.4 Å². The van der Waals surface area contributed by atoms with E-state index in [9.17, 15) is 14.4 Å². The maximum atomic E-state index is 13.4. The predicted molar refractivity (Wildman–Crippen MR) is 152 cm³/mol. The molecule has 0 unspecified atom stereocenters. The van der Waals surface area contributed by atoms with Gasteiger partial charge < -0.3 is 86.9 Å². The zero-order valence-electron chi connectivity index (χ0n) is 24.6. The zero-order chi connectivity index (χ0) is 28.3. The lowest BCUT2D eigenvalue weighted by molar-refractivity contribution is -0.918. The third-order valence-electron chi connectivity index (χ3n) is 7.23. The van der Waals surface area contributed by atoms with Gasteiger partial charge in [0.1, 0.15) is 37.9 Å². The number of para-hydroxylation sites is 1. The van der Waals surface area contributed by atoms with Crippen molar-refractivity contribution in [3.63, 3.8) is 0 Å². The molecule has 0 saturated heterocycles. The molecule has 1 heterocycles. The summed E-state index contributed by atoms with van der Waals surface area (Å²) in [6, 6.07) is 17.5. The summed E-state index contributed by atoms with van der Waals surface area (Å²) in [4.78, 5) is 41.9. The lowest BCUT2D eigenvalue weighted by Crippen LogP contribution is -3.00. The highest BCUT2D eigenvalue weighted by Crippen LogP contribution is 2.14. The lowest BCUT2D eigenvalue weighted by atomic mass is 10.0. The molecule has 0 radical (unpaired) electrons. The van der Waals surface area contributed by atoms with Crippen molar-refractivity contribution in [1.29, 1.82) is 0 Å². The van der Waals surface area contributed by atoms with Crippen molar-refractivity contribution in [2.24, 2.45) is 0 Å². The fourth-order valence-corrected chi connectivity index (χ4v) is 4.92. The molecule has 3 rings (SSSR count). The van der Waals surface area contributed by atoms with Crippen molar-refractivity contribution in [1.82, 2.24) is 10.3 Å². The van der Waals surface area contributed by atoms with Crippen LogP contribution in [0.1, 0.15) is 24.8 Å². The van der Waals surface area contributed by atoms with E-state index in [1.165, 1.54) is 0 Å². The van der Waals surface area contributed by atoms with Gasteiger partial charge >= 0.3 is 0 Å². The maximum Gasteiger partial charge on any atom is 0.278 e. The van der Waals surface area contributed by atoms with Gasteiger partial charge in [-0.2, -0.15) is 0 Å². The van der Waals surface area contributed by atoms with Crippen LogP contribution in [0.5, 0.6) is 0 Å². The summed E-state index contributed by atoms with van der Waals surface area (Å²) < 4.78 is 0.879. The van der Waals surface area contributed by atoms with E-state index in [1.807, 2.05) is 48.5 Å². The Morgan fingerprint density at radius 3 is 2.09 bits per heavy atom. The number of halogens is 4. The van der Waals surface area contributed by atoms with Gasteiger partial charge in [0.2, 0.25) is 5.91 Å². The van der Waals surface area contributed by atoms with Crippen LogP contribution in [0, 0.1) is 0 Å². The van der Waals surface area contributed by atoms with E-state index in [1.54, 1.807) is 12.1 Å². The highest BCUT2D eigenvalue weighted by Gasteiger charge is 2.28. The van der Waals surface area contributed by atoms with Crippen LogP contribution in [0.15, 0.2) is 65.5 Å². The van der Waals surface area contributed by atoms with Crippen LogP contribution in [-0.2, 0) is 16.0 Å². The SMILES string of the molecule is C[N+](CC[NH3+])(CC[NH3+])CCC[C@H]([NH3+])C(=O)N[C@H](CCc1ccccc1)C(=O)Nc1cc2ccccc2[nH]c1=O.[Cl-].[Cl-].[Cl-].[Cl-]. The lowest BCUT2D eigenvalue weighted by Gasteiger charge is -2.32. The van der Waals surface area contributed by atoms with E-state index in [4.69, 9.17) is 0 Å². The number of pyridine rings is 1. The average molecular weight is 682 g/mol. The molecule has 2 aromatic carbocycles. The second-order valence-electron chi connectivity index (χ2n) is 10.5. The number of hydrogen-bond acceptors (Lipinski definition) is 3. The Morgan fingerprint density at radius 2 is 1.47 bits per heavy atom. The molecule has 2 amide bonds. The first-order chi connectivity index (χ1) is 18.7. The highest BCUT2D eigenvalue weighted by molar-refractivity contribution is 5.98. The van der Waals surface area contributed by atoms with Gasteiger partial charge in [-0.3, -0.25) is 14.4 Å². The predicted octanol–water partition coefficient (Wildman–Crippen LogP) is -13.1. The number of aromatic amines is 1. The Balaban J connectivity index is 0. The number of anilines is 1. The smallest absolute Gasteiger partial charge is 0.278 e. The minimum Gasteiger partial charge on any atom is -1.00 e. The van der Waals surface area contributed by atoms with Gasteiger partial charge in [-0.25, -0.2) is 0 Å². The standard InChI is InChI=1S/C29H41N7O3.4ClH/c1-36(18-15-30,19-16-31)17-7-11-23(32)27(37)34-25(14-13-21-8-3-2-4-9-21)28(38)35-26-20-22-10-5-6-12-24(22)33-29(26)39;;;;/h2-6,8-10,12,20,23,25H,7,11,13-19,30-32H2,1H3,(H2-,33,34,35,37,38,39);4*1H/t23-,25+;;;;/m0..../s1. The number of rotatable bonds is 15. The number of nitrogens with one attached hydrogen (secondary N) is 3. The molecule has 0 bridgehead atoms. The molecule has 14 heteroatoms. The molecule has 0 aliphatic heterocycles. The molecular formula is C29H45Cl4N7O3. The van der Waals surface area contributed by atoms with Gasteiger partial charge in [0.05, 0.1) is 13.6 Å². The summed E-state index contributed by atoms with van der Waals surface area (Å²) >= 11 is 0. The summed E-state index contributed by atoms with van der Waals surface area (Å²) in [5.41, 5.74) is 13.6. The molecule has 0 spiro atoms. The normalized spacial score (nSPS) is 11.9. The van der Waals surface area contributed by atoms with Gasteiger partial charge in [-0.1, -0.05) is 48.5 Å². The van der Waals surface area contributed by atoms with Gasteiger partial charge in [-0.15, -0.1) is 0 Å². The summed E-state index contributed by atoms with van der Waals surface area (Å²) in [6.07, 6.45) is 2.44. The van der Waals surface area contributed by atoms with Crippen molar-refractivity contribution < 1.29 is 80.9 Å². The molecule has 1 aromatic heterocycles. The Kier molecular flexibility index (Phi) is 21.2. The van der Waals surface area contributed by atoms with E-state index < -0.39 is 23.6 Å². The number of aryl methyl sites for hydroxylation is 1. The monoisotopic (exact) mass is 679 g/mol. The number of H-pyrrole nitrogens is 1. The van der Waals surface area contributed by atoms with E-state index in [-0.39, 0.29) is 61.2 Å². The van der Waals surface area contributed by atoms with Crippen LogP contribution in [0.3, 0.4) is 0 Å². The van der Waals surface area contributed by atoms with Crippen molar-refractivity contribution in [3.05, 3.63) is 76.6 Å². The number of benzene rings is 2. The number of amides is 2. The Bertz CT molecular complexity index is 1290. The molecule has 0 aliphatic rings. The molecule has 0 saturated carbocycles. The average Bonchev–Trinajstić information content (AvgIpc) is 2.92. The molecule has 10 nitrogen and oxygen atoms in total. The number of hydrogen-bond donors (Lipinski definition) is 6. The summed E-state index contributed by atoms with van der Waals surface area (Å²) in [6.45, 7) is 4.57. The van der Waals surface area contributed by atoms with Crippen molar-refractivity contribution in [3.8, 4) is 0 Å². The highest BCUT2D eigenvalue weighted by atomic mass is 35.5. The Morgan fingerprint density at radius 1 is 0.860 bits per heavy atom. The molecule has 12 N–H and O–H groups in total. The van der Waals surface area contributed by atoms with Gasteiger partial charge in [-0.05, 0) is 30.5 Å². The van der Waals surface area contributed by atoms with Crippen molar-refractivity contribution in [2.45, 2.75) is 37.8 Å². The molecule has 0 fully saturated rings. The third-order valence-corrected chi connectivity index (χ3v) is 7.23. The fourth-order valence-electron chi connectivity index (χ4n) is 4.92. The number of quaternary nitrogens is 4. The van der Waals surface area contributed by atoms with Gasteiger partial charge in [0, 0.05) is 23.7 Å². The Hall–Kier alpha value is -2.41. The summed E-state index contributed by atoms with van der Waals surface area (Å²) in [5.74, 6) is -0.693. The van der Waals surface area contributed by atoms with Gasteiger partial charge in [0.25, 0.3) is 11.5 Å². The van der Waals surface area contributed by atoms with E-state index in [0.29, 0.717) is 24.8 Å². The number of aromatic nitrogens is 1. The molecule has 43 heavy (non-hydrogen) atoms. The molecular weight excluding hydrogens is 636 g/mol. The number of carbonyl (C=O) groups is 2. The largest absolute Gasteiger partial charge is 1.00 e. The van der Waals surface area contributed by atoms with Crippen LogP contribution in [0.4, 0.5) is 5.69 Å². The Labute approximate surface area is 278 Å². The zero-order valence-corrected chi connectivity index (χ0v) is 27.6. The fraction of sp³-hybridized carbons (Fsp3) is 0.414. The van der Waals surface area contributed by atoms with E-state index in [2.05, 4.69) is 39.9 Å². The van der Waals surface area contributed by atoms with E-state index in [0.717, 1.165) is 54.6 Å². The minimum atomic E-state index is -0.814. The summed E-state index contributed by atoms with van der Waals surface area (Å²) in [5, 5.41) is 6.46. The number of fused-ring (bicyclic) bond motifs is 1. The second kappa shape index (κ2) is 21.3. The van der Waals surface area contributed by atoms with Crippen molar-refractivity contribution in [2.75, 3.05) is 45.1 Å². The topological polar surface area (TPSA) is 174 Å². The van der Waals surface area contributed by atoms with Crippen LogP contribution < -0.4 is 83.0 Å². The number of likely N-dealkylation sites (N-methyl/N-ethyl adjacent to an activating group) is 1. The van der Waals surface area contributed by atoms with Crippen LogP contribution in [-0.4, -0.2) is 73.1 Å². The third kappa shape index (κ3) is 13.4. The summed E-state index contributed by atoms with van der Waals surface area (Å²) in [7, 11) is 2.20. The second-order valence-corrected chi connectivity index (χ2v) is 10.5. The first kappa shape index (κ1) is 42.7. The van der Waals surface area contributed by atoms with E-state index >= 15 is 0 Å². The molecule has 242 valence electrons. The van der Waals surface area contributed by atoms with Crippen LogP contribution in [0.25, 0.3) is 10.9 Å². The van der Waals surface area contributed by atoms with Crippen LogP contribution in [0.2, 0.25) is 0 Å². The number of nitrogens with zero attached hydrogens (tertiary/aromatic N) is 1. The molecule has 0 aliphatic carbocycles. The first-order valence-electron chi connectivity index (χ1n) is 13.8. The van der Waals surface area contributed by atoms with Crippen LogP contribution >= 0.6 is 0 Å². The molecule has 3 aromatic rings. The minimum absolute atomic E-state index is 0. The van der Waals surface area contributed by atoms with Gasteiger partial charge in [0.15, 0.2) is 6.04 Å².